The fourth-order valence-corrected chi connectivity index (χ4v) is 1.57. The van der Waals surface area contributed by atoms with Gasteiger partial charge in [-0.1, -0.05) is 13.0 Å². The molecule has 0 radical (unpaired) electrons. The molecule has 0 heterocycles. The number of rotatable bonds is 7. The van der Waals surface area contributed by atoms with E-state index < -0.39 is 0 Å². The van der Waals surface area contributed by atoms with Crippen LogP contribution in [0.1, 0.15) is 32.8 Å². The molecule has 17 heavy (non-hydrogen) atoms. The van der Waals surface area contributed by atoms with Crippen molar-refractivity contribution in [2.24, 2.45) is 0 Å². The first kappa shape index (κ1) is 13.8. The molecule has 3 heteroatoms. The summed E-state index contributed by atoms with van der Waals surface area (Å²) >= 11 is 0. The van der Waals surface area contributed by atoms with Crippen molar-refractivity contribution in [3.63, 3.8) is 0 Å². The zero-order valence-electron chi connectivity index (χ0n) is 11.2. The number of hydrogen-bond acceptors (Lipinski definition) is 3. The minimum absolute atomic E-state index is 0.173. The van der Waals surface area contributed by atoms with Crippen molar-refractivity contribution in [1.82, 2.24) is 5.32 Å². The van der Waals surface area contributed by atoms with Gasteiger partial charge in [0.05, 0.1) is 13.2 Å². The summed E-state index contributed by atoms with van der Waals surface area (Å²) in [5, 5.41) is 3.38. The third-order valence-electron chi connectivity index (χ3n) is 2.38. The highest BCUT2D eigenvalue weighted by Gasteiger charge is 2.07. The molecule has 3 nitrogen and oxygen atoms in total. The second-order valence-electron chi connectivity index (χ2n) is 4.32. The Kier molecular flexibility index (Phi) is 5.84. The molecule has 0 bridgehead atoms. The molecule has 0 saturated carbocycles. The summed E-state index contributed by atoms with van der Waals surface area (Å²) in [6.45, 7) is 8.07. The Hall–Kier alpha value is -1.22. The lowest BCUT2D eigenvalue weighted by atomic mass is 10.2. The van der Waals surface area contributed by atoms with Crippen molar-refractivity contribution < 1.29 is 9.47 Å². The summed E-state index contributed by atoms with van der Waals surface area (Å²) in [6.07, 6.45) is 1.31. The van der Waals surface area contributed by atoms with Crippen molar-refractivity contribution >= 4 is 0 Å². The molecule has 0 fully saturated rings. The van der Waals surface area contributed by atoms with Crippen LogP contribution < -0.4 is 14.8 Å². The molecule has 1 aromatic carbocycles. The van der Waals surface area contributed by atoms with E-state index in [9.17, 15) is 0 Å². The third kappa shape index (κ3) is 4.65. The molecule has 1 rings (SSSR count). The molecular formula is C14H23NO2. The Labute approximate surface area is 104 Å². The maximum atomic E-state index is 5.80. The molecule has 1 aromatic rings. The first-order chi connectivity index (χ1) is 8.17. The molecule has 0 aromatic heterocycles. The first-order valence-electron chi connectivity index (χ1n) is 6.21. The monoisotopic (exact) mass is 237 g/mol. The maximum absolute atomic E-state index is 5.80. The van der Waals surface area contributed by atoms with Gasteiger partial charge in [0, 0.05) is 18.2 Å². The van der Waals surface area contributed by atoms with Crippen LogP contribution in [0, 0.1) is 0 Å². The zero-order chi connectivity index (χ0) is 12.7. The van der Waals surface area contributed by atoms with Crippen LogP contribution in [0.3, 0.4) is 0 Å². The quantitative estimate of drug-likeness (QED) is 0.740. The van der Waals surface area contributed by atoms with Crippen molar-refractivity contribution in [2.75, 3.05) is 13.7 Å². The van der Waals surface area contributed by atoms with E-state index in [1.807, 2.05) is 26.0 Å². The van der Waals surface area contributed by atoms with Crippen molar-refractivity contribution in [1.29, 1.82) is 0 Å². The SMILES string of the molecule is CCCNCc1ccc(OC)cc1OC(C)C. The zero-order valence-corrected chi connectivity index (χ0v) is 11.2. The second-order valence-corrected chi connectivity index (χ2v) is 4.32. The Morgan fingerprint density at radius 1 is 1.29 bits per heavy atom. The fraction of sp³-hybridized carbons (Fsp3) is 0.571. The number of methoxy groups -OCH3 is 1. The molecule has 0 unspecified atom stereocenters. The van der Waals surface area contributed by atoms with Crippen LogP contribution in [0.25, 0.3) is 0 Å². The van der Waals surface area contributed by atoms with Gasteiger partial charge in [-0.25, -0.2) is 0 Å². The van der Waals surface area contributed by atoms with E-state index in [1.165, 1.54) is 5.56 Å². The van der Waals surface area contributed by atoms with Gasteiger partial charge in [0.1, 0.15) is 11.5 Å². The van der Waals surface area contributed by atoms with Gasteiger partial charge in [0.25, 0.3) is 0 Å². The number of ether oxygens (including phenoxy) is 2. The van der Waals surface area contributed by atoms with Crippen LogP contribution in [0.2, 0.25) is 0 Å². The summed E-state index contributed by atoms with van der Waals surface area (Å²) in [5.74, 6) is 1.74. The van der Waals surface area contributed by atoms with Crippen LogP contribution in [0.4, 0.5) is 0 Å². The molecule has 1 N–H and O–H groups in total. The van der Waals surface area contributed by atoms with E-state index in [2.05, 4.69) is 18.3 Å². The first-order valence-corrected chi connectivity index (χ1v) is 6.21. The lowest BCUT2D eigenvalue weighted by Gasteiger charge is -2.15. The second kappa shape index (κ2) is 7.17. The van der Waals surface area contributed by atoms with Gasteiger partial charge in [0.2, 0.25) is 0 Å². The van der Waals surface area contributed by atoms with Gasteiger partial charge in [-0.15, -0.1) is 0 Å². The van der Waals surface area contributed by atoms with Gasteiger partial charge in [-0.2, -0.15) is 0 Å². The molecule has 0 aliphatic rings. The van der Waals surface area contributed by atoms with Gasteiger partial charge in [0.15, 0.2) is 0 Å². The minimum Gasteiger partial charge on any atom is -0.497 e. The van der Waals surface area contributed by atoms with Gasteiger partial charge >= 0.3 is 0 Å². The molecule has 0 saturated heterocycles. The Morgan fingerprint density at radius 3 is 2.65 bits per heavy atom. The number of benzene rings is 1. The lowest BCUT2D eigenvalue weighted by Crippen LogP contribution is -2.16. The molecular weight excluding hydrogens is 214 g/mol. The van der Waals surface area contributed by atoms with Crippen LogP contribution in [-0.2, 0) is 6.54 Å². The highest BCUT2D eigenvalue weighted by molar-refractivity contribution is 5.40. The van der Waals surface area contributed by atoms with Crippen LogP contribution in [-0.4, -0.2) is 19.8 Å². The number of nitrogens with one attached hydrogen (secondary N) is 1. The molecule has 0 atom stereocenters. The normalized spacial score (nSPS) is 10.6. The standard InChI is InChI=1S/C14H23NO2/c1-5-8-15-10-12-6-7-13(16-4)9-14(12)17-11(2)3/h6-7,9,11,15H,5,8,10H2,1-4H3. The Bertz CT molecular complexity index is 337. The van der Waals surface area contributed by atoms with E-state index in [-0.39, 0.29) is 6.10 Å². The molecule has 0 aliphatic carbocycles. The summed E-state index contributed by atoms with van der Waals surface area (Å²) < 4.78 is 11.0. The Balaban J connectivity index is 2.78. The number of hydrogen-bond donors (Lipinski definition) is 1. The van der Waals surface area contributed by atoms with Crippen LogP contribution in [0.5, 0.6) is 11.5 Å². The van der Waals surface area contributed by atoms with Crippen LogP contribution >= 0.6 is 0 Å². The molecule has 0 amide bonds. The molecule has 96 valence electrons. The Morgan fingerprint density at radius 2 is 2.06 bits per heavy atom. The third-order valence-corrected chi connectivity index (χ3v) is 2.38. The average molecular weight is 237 g/mol. The van der Waals surface area contributed by atoms with E-state index in [0.29, 0.717) is 0 Å². The highest BCUT2D eigenvalue weighted by atomic mass is 16.5. The van der Waals surface area contributed by atoms with Gasteiger partial charge < -0.3 is 14.8 Å². The minimum atomic E-state index is 0.173. The summed E-state index contributed by atoms with van der Waals surface area (Å²) in [7, 11) is 1.67. The summed E-state index contributed by atoms with van der Waals surface area (Å²) in [4.78, 5) is 0. The van der Waals surface area contributed by atoms with Crippen molar-refractivity contribution in [3.8, 4) is 11.5 Å². The van der Waals surface area contributed by atoms with Crippen molar-refractivity contribution in [2.45, 2.75) is 39.8 Å². The predicted molar refractivity (Wildman–Crippen MR) is 70.8 cm³/mol. The smallest absolute Gasteiger partial charge is 0.127 e. The van der Waals surface area contributed by atoms with Crippen LogP contribution in [0.15, 0.2) is 18.2 Å². The van der Waals surface area contributed by atoms with Gasteiger partial charge in [-0.05, 0) is 32.9 Å². The van der Waals surface area contributed by atoms with E-state index in [4.69, 9.17) is 9.47 Å². The van der Waals surface area contributed by atoms with E-state index in [0.717, 1.165) is 31.0 Å². The lowest BCUT2D eigenvalue weighted by molar-refractivity contribution is 0.238. The molecule has 0 spiro atoms. The fourth-order valence-electron chi connectivity index (χ4n) is 1.57. The molecule has 0 aliphatic heterocycles. The van der Waals surface area contributed by atoms with Gasteiger partial charge in [-0.3, -0.25) is 0 Å². The van der Waals surface area contributed by atoms with Crippen molar-refractivity contribution in [3.05, 3.63) is 23.8 Å². The predicted octanol–water partition coefficient (Wildman–Crippen LogP) is 2.98. The summed E-state index contributed by atoms with van der Waals surface area (Å²) in [5.41, 5.74) is 1.17. The largest absolute Gasteiger partial charge is 0.497 e. The van der Waals surface area contributed by atoms with E-state index >= 15 is 0 Å². The topological polar surface area (TPSA) is 30.5 Å². The highest BCUT2D eigenvalue weighted by Crippen LogP contribution is 2.25. The van der Waals surface area contributed by atoms with E-state index in [1.54, 1.807) is 7.11 Å². The average Bonchev–Trinajstić information content (AvgIpc) is 2.30. The summed E-state index contributed by atoms with van der Waals surface area (Å²) in [6, 6.07) is 5.97. The maximum Gasteiger partial charge on any atom is 0.127 e.